The van der Waals surface area contributed by atoms with E-state index in [2.05, 4.69) is 131 Å². The molecule has 5 heterocycles. The van der Waals surface area contributed by atoms with Crippen LogP contribution >= 0.6 is 0 Å². The van der Waals surface area contributed by atoms with Crippen LogP contribution in [0.15, 0.2) is 143 Å². The molecular weight excluding hydrogens is 576 g/mol. The second-order valence-electron chi connectivity index (χ2n) is 12.9. The number of furan rings is 1. The van der Waals surface area contributed by atoms with Crippen molar-refractivity contribution in [2.75, 3.05) is 0 Å². The summed E-state index contributed by atoms with van der Waals surface area (Å²) in [5.41, 5.74) is 13.6. The van der Waals surface area contributed by atoms with Crippen LogP contribution in [0, 0.1) is 5.92 Å². The molecule has 222 valence electrons. The number of pyridine rings is 2. The molecule has 0 saturated heterocycles. The van der Waals surface area contributed by atoms with E-state index >= 15 is 0 Å². The summed E-state index contributed by atoms with van der Waals surface area (Å²) in [5, 5.41) is 2.34. The van der Waals surface area contributed by atoms with E-state index < -0.39 is 0 Å². The van der Waals surface area contributed by atoms with E-state index in [0.717, 1.165) is 57.3 Å². The van der Waals surface area contributed by atoms with E-state index in [4.69, 9.17) is 14.4 Å². The third-order valence-corrected chi connectivity index (χ3v) is 10.6. The van der Waals surface area contributed by atoms with Gasteiger partial charge in [-0.05, 0) is 84.7 Å². The van der Waals surface area contributed by atoms with Crippen LogP contribution in [0.4, 0.5) is 0 Å². The first-order valence-corrected chi connectivity index (χ1v) is 16.3. The summed E-state index contributed by atoms with van der Waals surface area (Å²) in [7, 11) is 0. The number of allylic oxidation sites excluding steroid dienone is 4. The van der Waals surface area contributed by atoms with Crippen molar-refractivity contribution < 1.29 is 4.42 Å². The lowest BCUT2D eigenvalue weighted by Crippen LogP contribution is -2.24. The molecule has 0 spiro atoms. The minimum Gasteiger partial charge on any atom is -0.458 e. The number of hydrogen-bond acceptors (Lipinski definition) is 3. The average molecular weight is 605 g/mol. The third kappa shape index (κ3) is 3.28. The molecule has 1 saturated carbocycles. The summed E-state index contributed by atoms with van der Waals surface area (Å²) in [6.45, 7) is 0. The van der Waals surface area contributed by atoms with E-state index in [9.17, 15) is 0 Å². The topological polar surface area (TPSA) is 48.8 Å². The minimum absolute atomic E-state index is 0.259. The van der Waals surface area contributed by atoms with Crippen LogP contribution < -0.4 is 0 Å². The quantitative estimate of drug-likeness (QED) is 0.202. The molecule has 0 aliphatic heterocycles. The summed E-state index contributed by atoms with van der Waals surface area (Å²) >= 11 is 0. The van der Waals surface area contributed by atoms with Crippen molar-refractivity contribution in [3.05, 3.63) is 161 Å². The molecule has 8 aromatic rings. The van der Waals surface area contributed by atoms with Crippen molar-refractivity contribution in [2.45, 2.75) is 18.4 Å². The van der Waals surface area contributed by atoms with E-state index in [0.29, 0.717) is 0 Å². The first-order valence-electron chi connectivity index (χ1n) is 16.3. The highest BCUT2D eigenvalue weighted by atomic mass is 16.3. The maximum absolute atomic E-state index is 6.85. The smallest absolute Gasteiger partial charge is 0.139 e. The van der Waals surface area contributed by atoms with Crippen LogP contribution in [0.25, 0.3) is 61.8 Å². The van der Waals surface area contributed by atoms with Gasteiger partial charge in [0, 0.05) is 45.9 Å². The number of benzene rings is 3. The van der Waals surface area contributed by atoms with Crippen molar-refractivity contribution >= 4 is 56.1 Å². The molecule has 3 aliphatic rings. The molecule has 11 rings (SSSR count). The van der Waals surface area contributed by atoms with Crippen molar-refractivity contribution in [3.8, 4) is 5.69 Å². The molecule has 2 unspecified atom stereocenters. The Kier molecular flexibility index (Phi) is 4.88. The summed E-state index contributed by atoms with van der Waals surface area (Å²) in [6.07, 6.45) is 15.1. The average Bonchev–Trinajstić information content (AvgIpc) is 3.56. The number of aromatic nitrogens is 4. The van der Waals surface area contributed by atoms with Gasteiger partial charge < -0.3 is 13.6 Å². The first-order chi connectivity index (χ1) is 23.3. The Morgan fingerprint density at radius 3 is 2.34 bits per heavy atom. The van der Waals surface area contributed by atoms with Gasteiger partial charge in [0.1, 0.15) is 16.9 Å². The molecule has 0 amide bonds. The van der Waals surface area contributed by atoms with Crippen molar-refractivity contribution in [1.82, 2.24) is 19.1 Å². The lowest BCUT2D eigenvalue weighted by Gasteiger charge is -2.26. The number of para-hydroxylation sites is 3. The van der Waals surface area contributed by atoms with Crippen LogP contribution in [0.3, 0.4) is 0 Å². The highest BCUT2D eigenvalue weighted by molar-refractivity contribution is 6.06. The fourth-order valence-electron chi connectivity index (χ4n) is 8.59. The molecule has 0 bridgehead atoms. The Morgan fingerprint density at radius 2 is 1.45 bits per heavy atom. The van der Waals surface area contributed by atoms with Gasteiger partial charge in [-0.25, -0.2) is 0 Å². The molecule has 5 aromatic heterocycles. The lowest BCUT2D eigenvalue weighted by molar-refractivity contribution is 0.428. The van der Waals surface area contributed by atoms with E-state index in [1.165, 1.54) is 38.9 Å². The normalized spacial score (nSPS) is 19.8. The third-order valence-electron chi connectivity index (χ3n) is 10.6. The Bertz CT molecular complexity index is 2650. The highest BCUT2D eigenvalue weighted by Gasteiger charge is 2.64. The number of nitrogens with zero attached hydrogens (tertiary/aromatic N) is 4. The molecule has 5 nitrogen and oxygen atoms in total. The van der Waals surface area contributed by atoms with Gasteiger partial charge in [-0.2, -0.15) is 0 Å². The molecule has 1 fully saturated rings. The summed E-state index contributed by atoms with van der Waals surface area (Å²) in [4.78, 5) is 9.76. The van der Waals surface area contributed by atoms with E-state index in [-0.39, 0.29) is 11.5 Å². The second kappa shape index (κ2) is 9.08. The Labute approximate surface area is 270 Å². The zero-order chi connectivity index (χ0) is 30.7. The SMILES string of the molecule is C1=Cc2c(c3ncccc3n2-c2ccccc2)CC=C1C1=Cc2c(oc3ccccc23)C2(n3c4ccccc4c4ncccc43)CC12. The summed E-state index contributed by atoms with van der Waals surface area (Å²) in [6, 6.07) is 36.3. The monoisotopic (exact) mass is 604 g/mol. The van der Waals surface area contributed by atoms with Crippen molar-refractivity contribution in [2.24, 2.45) is 5.92 Å². The van der Waals surface area contributed by atoms with E-state index in [1.54, 1.807) is 0 Å². The molecule has 5 heteroatoms. The maximum atomic E-state index is 6.85. The molecule has 3 aliphatic carbocycles. The molecule has 2 atom stereocenters. The predicted molar refractivity (Wildman–Crippen MR) is 189 cm³/mol. The van der Waals surface area contributed by atoms with Crippen LogP contribution in [0.5, 0.6) is 0 Å². The molecular formula is C42H28N4O. The Hall–Kier alpha value is -5.94. The van der Waals surface area contributed by atoms with E-state index in [1.807, 2.05) is 18.5 Å². The summed E-state index contributed by atoms with van der Waals surface area (Å²) in [5.74, 6) is 1.32. The van der Waals surface area contributed by atoms with Crippen LogP contribution in [0.1, 0.15) is 29.0 Å². The van der Waals surface area contributed by atoms with Crippen LogP contribution in [0.2, 0.25) is 0 Å². The molecule has 47 heavy (non-hydrogen) atoms. The fraction of sp³-hybridized carbons (Fsp3) is 0.0952. The van der Waals surface area contributed by atoms with Crippen LogP contribution in [-0.4, -0.2) is 19.1 Å². The Morgan fingerprint density at radius 1 is 0.702 bits per heavy atom. The largest absolute Gasteiger partial charge is 0.458 e. The standard InChI is InChI=1S/C42H28N4O/c1-2-10-27(11-3-1)45-34-21-19-26(18-20-30(34)39-36(45)15-8-22-43-39)31-24-32-28-12-5-7-17-38(28)47-41(32)42(25-33(31)42)46-35-14-6-4-13-29(35)40-37(46)16-9-23-44-40/h1-19,21-24,33H,20,25H2. The zero-order valence-electron chi connectivity index (χ0n) is 25.5. The van der Waals surface area contributed by atoms with Gasteiger partial charge in [0.15, 0.2) is 0 Å². The second-order valence-corrected chi connectivity index (χ2v) is 12.9. The van der Waals surface area contributed by atoms with Gasteiger partial charge in [-0.1, -0.05) is 66.7 Å². The zero-order valence-corrected chi connectivity index (χ0v) is 25.5. The van der Waals surface area contributed by atoms with Crippen molar-refractivity contribution in [3.63, 3.8) is 0 Å². The van der Waals surface area contributed by atoms with Gasteiger partial charge in [0.25, 0.3) is 0 Å². The van der Waals surface area contributed by atoms with Gasteiger partial charge in [0.2, 0.25) is 0 Å². The summed E-state index contributed by atoms with van der Waals surface area (Å²) < 4.78 is 11.7. The minimum atomic E-state index is -0.343. The van der Waals surface area contributed by atoms with Gasteiger partial charge in [-0.15, -0.1) is 0 Å². The molecule has 3 aromatic carbocycles. The highest BCUT2D eigenvalue weighted by Crippen LogP contribution is 2.66. The lowest BCUT2D eigenvalue weighted by atomic mass is 9.87. The van der Waals surface area contributed by atoms with Crippen LogP contribution in [-0.2, 0) is 12.0 Å². The predicted octanol–water partition coefficient (Wildman–Crippen LogP) is 9.63. The molecule has 0 radical (unpaired) electrons. The molecule has 0 N–H and O–H groups in total. The van der Waals surface area contributed by atoms with Gasteiger partial charge >= 0.3 is 0 Å². The first kappa shape index (κ1) is 25.3. The number of fused-ring (bicyclic) bond motifs is 11. The number of rotatable bonds is 3. The van der Waals surface area contributed by atoms with Gasteiger partial charge in [0.05, 0.1) is 33.3 Å². The van der Waals surface area contributed by atoms with Crippen molar-refractivity contribution in [1.29, 1.82) is 0 Å². The fourth-order valence-corrected chi connectivity index (χ4v) is 8.59. The maximum Gasteiger partial charge on any atom is 0.139 e. The number of hydrogen-bond donors (Lipinski definition) is 0. The van der Waals surface area contributed by atoms with Gasteiger partial charge in [-0.3, -0.25) is 9.97 Å². The Balaban J connectivity index is 1.13.